The summed E-state index contributed by atoms with van der Waals surface area (Å²) in [7, 11) is 2.00. The molecule has 1 fully saturated rings. The minimum Gasteiger partial charge on any atom is -0.480 e. The predicted octanol–water partition coefficient (Wildman–Crippen LogP) is 0.260. The number of carboxylic acids is 1. The minimum absolute atomic E-state index is 0.0431. The Balaban J connectivity index is 2.28. The standard InChI is InChI=1S/C13H25N3O4/c1-3-4-5-11(12(17)18)15-13(19)14-8-10-9-16(2)6-7-20-10/h10-11H,3-9H2,1-2H3,(H,17,18)(H2,14,15,19)/t10?,11-/m0/s1. The SMILES string of the molecule is CCCC[C@H](NC(=O)NCC1CN(C)CCO1)C(=O)O. The van der Waals surface area contributed by atoms with Gasteiger partial charge in [0.25, 0.3) is 0 Å². The molecule has 1 rings (SSSR count). The third-order valence-corrected chi connectivity index (χ3v) is 3.28. The average molecular weight is 287 g/mol. The number of carboxylic acid groups (broad SMARTS) is 1. The van der Waals surface area contributed by atoms with Crippen molar-refractivity contribution in [3.05, 3.63) is 0 Å². The number of urea groups is 1. The van der Waals surface area contributed by atoms with Gasteiger partial charge in [-0.1, -0.05) is 19.8 Å². The lowest BCUT2D eigenvalue weighted by Gasteiger charge is -2.30. The Morgan fingerprint density at radius 3 is 2.85 bits per heavy atom. The Labute approximate surface area is 119 Å². The molecule has 0 spiro atoms. The molecule has 20 heavy (non-hydrogen) atoms. The molecule has 2 atom stereocenters. The van der Waals surface area contributed by atoms with Crippen LogP contribution in [0, 0.1) is 0 Å². The summed E-state index contributed by atoms with van der Waals surface area (Å²) < 4.78 is 5.52. The molecular formula is C13H25N3O4. The molecule has 0 aromatic heterocycles. The highest BCUT2D eigenvalue weighted by Gasteiger charge is 2.21. The van der Waals surface area contributed by atoms with Crippen LogP contribution in [0.1, 0.15) is 26.2 Å². The van der Waals surface area contributed by atoms with Gasteiger partial charge in [-0.05, 0) is 13.5 Å². The predicted molar refractivity (Wildman–Crippen MR) is 74.7 cm³/mol. The van der Waals surface area contributed by atoms with Gasteiger partial charge in [0.2, 0.25) is 0 Å². The van der Waals surface area contributed by atoms with Crippen LogP contribution in [0.2, 0.25) is 0 Å². The van der Waals surface area contributed by atoms with Crippen LogP contribution in [-0.2, 0) is 9.53 Å². The normalized spacial score (nSPS) is 21.2. The molecule has 1 unspecified atom stereocenters. The molecule has 0 radical (unpaired) electrons. The zero-order valence-electron chi connectivity index (χ0n) is 12.2. The van der Waals surface area contributed by atoms with Gasteiger partial charge in [0.05, 0.1) is 12.7 Å². The maximum atomic E-state index is 11.7. The first kappa shape index (κ1) is 16.7. The van der Waals surface area contributed by atoms with Crippen molar-refractivity contribution in [1.82, 2.24) is 15.5 Å². The second-order valence-electron chi connectivity index (χ2n) is 5.14. The van der Waals surface area contributed by atoms with E-state index in [1.54, 1.807) is 0 Å². The first-order valence-corrected chi connectivity index (χ1v) is 7.10. The van der Waals surface area contributed by atoms with Gasteiger partial charge in [0.1, 0.15) is 6.04 Å². The molecule has 0 aliphatic carbocycles. The molecular weight excluding hydrogens is 262 g/mol. The topological polar surface area (TPSA) is 90.9 Å². The molecule has 2 amide bonds. The minimum atomic E-state index is -0.998. The number of nitrogens with one attached hydrogen (secondary N) is 2. The summed E-state index contributed by atoms with van der Waals surface area (Å²) in [6.07, 6.45) is 2.07. The summed E-state index contributed by atoms with van der Waals surface area (Å²) in [6, 6.07) is -1.28. The van der Waals surface area contributed by atoms with E-state index in [-0.39, 0.29) is 6.10 Å². The molecule has 1 aliphatic heterocycles. The molecule has 1 aliphatic rings. The highest BCUT2D eigenvalue weighted by atomic mass is 16.5. The van der Waals surface area contributed by atoms with Crippen molar-refractivity contribution in [2.45, 2.75) is 38.3 Å². The summed E-state index contributed by atoms with van der Waals surface area (Å²) in [4.78, 5) is 24.8. The number of morpholine rings is 1. The highest BCUT2D eigenvalue weighted by Crippen LogP contribution is 2.02. The van der Waals surface area contributed by atoms with Crippen molar-refractivity contribution >= 4 is 12.0 Å². The van der Waals surface area contributed by atoms with E-state index < -0.39 is 18.0 Å². The van der Waals surface area contributed by atoms with Gasteiger partial charge in [-0.3, -0.25) is 0 Å². The number of amides is 2. The van der Waals surface area contributed by atoms with Crippen molar-refractivity contribution in [1.29, 1.82) is 0 Å². The van der Waals surface area contributed by atoms with Crippen LogP contribution in [-0.4, -0.2) is 67.4 Å². The summed E-state index contributed by atoms with van der Waals surface area (Å²) in [6.45, 7) is 4.67. The van der Waals surface area contributed by atoms with Gasteiger partial charge in [-0.2, -0.15) is 0 Å². The first-order valence-electron chi connectivity index (χ1n) is 7.10. The van der Waals surface area contributed by atoms with E-state index in [0.717, 1.165) is 25.9 Å². The van der Waals surface area contributed by atoms with E-state index in [1.807, 2.05) is 14.0 Å². The maximum Gasteiger partial charge on any atom is 0.326 e. The second-order valence-corrected chi connectivity index (χ2v) is 5.14. The number of nitrogens with zero attached hydrogens (tertiary/aromatic N) is 1. The quantitative estimate of drug-likeness (QED) is 0.625. The lowest BCUT2D eigenvalue weighted by atomic mass is 10.1. The van der Waals surface area contributed by atoms with Gasteiger partial charge in [0.15, 0.2) is 0 Å². The van der Waals surface area contributed by atoms with Crippen molar-refractivity contribution in [3.63, 3.8) is 0 Å². The molecule has 3 N–H and O–H groups in total. The van der Waals surface area contributed by atoms with Gasteiger partial charge >= 0.3 is 12.0 Å². The smallest absolute Gasteiger partial charge is 0.326 e. The molecule has 7 heteroatoms. The van der Waals surface area contributed by atoms with Gasteiger partial charge in [-0.25, -0.2) is 9.59 Å². The van der Waals surface area contributed by atoms with Crippen LogP contribution in [0.3, 0.4) is 0 Å². The number of likely N-dealkylation sites (N-methyl/N-ethyl adjacent to an activating group) is 1. The molecule has 1 saturated heterocycles. The average Bonchev–Trinajstić information content (AvgIpc) is 2.41. The molecule has 1 heterocycles. The second kappa shape index (κ2) is 8.76. The Bertz CT molecular complexity index is 325. The number of rotatable bonds is 7. The van der Waals surface area contributed by atoms with E-state index in [0.29, 0.717) is 19.6 Å². The van der Waals surface area contributed by atoms with E-state index in [1.165, 1.54) is 0 Å². The number of aliphatic carboxylic acids is 1. The summed E-state index contributed by atoms with van der Waals surface area (Å²) in [5, 5.41) is 14.2. The van der Waals surface area contributed by atoms with Crippen LogP contribution in [0.25, 0.3) is 0 Å². The monoisotopic (exact) mass is 287 g/mol. The Morgan fingerprint density at radius 2 is 2.25 bits per heavy atom. The van der Waals surface area contributed by atoms with Crippen LogP contribution < -0.4 is 10.6 Å². The van der Waals surface area contributed by atoms with Crippen molar-refractivity contribution in [2.75, 3.05) is 33.3 Å². The molecule has 0 saturated carbocycles. The lowest BCUT2D eigenvalue weighted by molar-refractivity contribution is -0.139. The Morgan fingerprint density at radius 1 is 1.50 bits per heavy atom. The van der Waals surface area contributed by atoms with Crippen LogP contribution in [0.15, 0.2) is 0 Å². The fourth-order valence-corrected chi connectivity index (χ4v) is 2.07. The number of unbranched alkanes of at least 4 members (excludes halogenated alkanes) is 1. The van der Waals surface area contributed by atoms with Crippen LogP contribution >= 0.6 is 0 Å². The highest BCUT2D eigenvalue weighted by molar-refractivity contribution is 5.82. The molecule has 0 aromatic rings. The van der Waals surface area contributed by atoms with E-state index >= 15 is 0 Å². The summed E-state index contributed by atoms with van der Waals surface area (Å²) in [5.74, 6) is -0.998. The van der Waals surface area contributed by atoms with Crippen molar-refractivity contribution < 1.29 is 19.4 Å². The molecule has 116 valence electrons. The summed E-state index contributed by atoms with van der Waals surface area (Å²) >= 11 is 0. The Hall–Kier alpha value is -1.34. The van der Waals surface area contributed by atoms with E-state index in [9.17, 15) is 9.59 Å². The third-order valence-electron chi connectivity index (χ3n) is 3.28. The van der Waals surface area contributed by atoms with E-state index in [2.05, 4.69) is 15.5 Å². The number of hydrogen-bond acceptors (Lipinski definition) is 4. The first-order chi connectivity index (χ1) is 9.52. The van der Waals surface area contributed by atoms with Crippen LogP contribution in [0.4, 0.5) is 4.79 Å². The Kier molecular flexibility index (Phi) is 7.32. The van der Waals surface area contributed by atoms with Gasteiger partial charge in [0, 0.05) is 19.6 Å². The fourth-order valence-electron chi connectivity index (χ4n) is 2.07. The van der Waals surface area contributed by atoms with Crippen molar-refractivity contribution in [2.24, 2.45) is 0 Å². The lowest BCUT2D eigenvalue weighted by Crippen LogP contribution is -2.50. The van der Waals surface area contributed by atoms with Crippen molar-refractivity contribution in [3.8, 4) is 0 Å². The van der Waals surface area contributed by atoms with Gasteiger partial charge in [-0.15, -0.1) is 0 Å². The number of ether oxygens (including phenoxy) is 1. The molecule has 0 bridgehead atoms. The molecule has 7 nitrogen and oxygen atoms in total. The number of hydrogen-bond donors (Lipinski definition) is 3. The van der Waals surface area contributed by atoms with Gasteiger partial charge < -0.3 is 25.4 Å². The third kappa shape index (κ3) is 6.21. The zero-order chi connectivity index (χ0) is 15.0. The van der Waals surface area contributed by atoms with E-state index in [4.69, 9.17) is 9.84 Å². The summed E-state index contributed by atoms with van der Waals surface area (Å²) in [5.41, 5.74) is 0. The maximum absolute atomic E-state index is 11.7. The largest absolute Gasteiger partial charge is 0.480 e. The number of carbonyl (C=O) groups is 2. The van der Waals surface area contributed by atoms with Crippen LogP contribution in [0.5, 0.6) is 0 Å². The zero-order valence-corrected chi connectivity index (χ0v) is 12.2. The molecule has 0 aromatic carbocycles. The number of carbonyl (C=O) groups excluding carboxylic acids is 1. The fraction of sp³-hybridized carbons (Fsp3) is 0.846.